The van der Waals surface area contributed by atoms with Gasteiger partial charge in [-0.2, -0.15) is 0 Å². The van der Waals surface area contributed by atoms with E-state index >= 15 is 0 Å². The third-order valence-corrected chi connectivity index (χ3v) is 6.22. The van der Waals surface area contributed by atoms with Crippen molar-refractivity contribution in [3.8, 4) is 0 Å². The molecule has 5 heteroatoms. The zero-order chi connectivity index (χ0) is 21.2. The van der Waals surface area contributed by atoms with E-state index in [1.807, 2.05) is 6.92 Å². The average molecular weight is 400 g/mol. The molecule has 29 heavy (non-hydrogen) atoms. The highest BCUT2D eigenvalue weighted by Gasteiger charge is 2.38. The molecular weight excluding hydrogens is 362 g/mol. The molecule has 2 amide bonds. The molecule has 2 aliphatic rings. The van der Waals surface area contributed by atoms with Gasteiger partial charge in [-0.25, -0.2) is 0 Å². The van der Waals surface area contributed by atoms with E-state index in [0.29, 0.717) is 0 Å². The first-order chi connectivity index (χ1) is 13.6. The second-order valence-corrected chi connectivity index (χ2v) is 10.1. The Morgan fingerprint density at radius 1 is 1.03 bits per heavy atom. The number of piperidine rings is 1. The van der Waals surface area contributed by atoms with Gasteiger partial charge in [0.1, 0.15) is 0 Å². The van der Waals surface area contributed by atoms with Crippen LogP contribution in [0.2, 0.25) is 0 Å². The third kappa shape index (κ3) is 5.59. The first-order valence-corrected chi connectivity index (χ1v) is 11.1. The SMILES string of the molecule is CCC(NC(=O)C(=O)NC1CC(C)(C)NC(C)(C)C1)c1ccc2c(c1)CCCC2. The highest BCUT2D eigenvalue weighted by Crippen LogP contribution is 2.29. The predicted molar refractivity (Wildman–Crippen MR) is 117 cm³/mol. The van der Waals surface area contributed by atoms with Crippen molar-refractivity contribution in [2.75, 3.05) is 0 Å². The van der Waals surface area contributed by atoms with Crippen LogP contribution in [0.3, 0.4) is 0 Å². The molecule has 0 spiro atoms. The molecule has 0 radical (unpaired) electrons. The van der Waals surface area contributed by atoms with Crippen LogP contribution in [0.4, 0.5) is 0 Å². The van der Waals surface area contributed by atoms with Gasteiger partial charge in [0.05, 0.1) is 6.04 Å². The molecule has 5 nitrogen and oxygen atoms in total. The van der Waals surface area contributed by atoms with Crippen molar-refractivity contribution in [2.45, 2.75) is 103 Å². The van der Waals surface area contributed by atoms with E-state index in [1.165, 1.54) is 24.0 Å². The Hall–Kier alpha value is -1.88. The fraction of sp³-hybridized carbons (Fsp3) is 0.667. The van der Waals surface area contributed by atoms with Gasteiger partial charge in [0.2, 0.25) is 0 Å². The van der Waals surface area contributed by atoms with Crippen molar-refractivity contribution in [1.29, 1.82) is 0 Å². The first-order valence-electron chi connectivity index (χ1n) is 11.1. The number of fused-ring (bicyclic) bond motifs is 1. The number of hydrogen-bond donors (Lipinski definition) is 3. The number of aryl methyl sites for hydroxylation is 2. The Morgan fingerprint density at radius 3 is 2.28 bits per heavy atom. The summed E-state index contributed by atoms with van der Waals surface area (Å²) in [6.07, 6.45) is 7.09. The van der Waals surface area contributed by atoms with Gasteiger partial charge in [-0.05, 0) is 89.3 Å². The first kappa shape index (κ1) is 21.8. The van der Waals surface area contributed by atoms with E-state index < -0.39 is 11.8 Å². The minimum Gasteiger partial charge on any atom is -0.345 e. The molecule has 1 atom stereocenters. The van der Waals surface area contributed by atoms with E-state index in [1.54, 1.807) is 0 Å². The van der Waals surface area contributed by atoms with E-state index in [0.717, 1.165) is 37.7 Å². The average Bonchev–Trinajstić information content (AvgIpc) is 2.62. The van der Waals surface area contributed by atoms with Crippen LogP contribution in [-0.2, 0) is 22.4 Å². The van der Waals surface area contributed by atoms with Crippen molar-refractivity contribution in [3.63, 3.8) is 0 Å². The number of rotatable bonds is 4. The van der Waals surface area contributed by atoms with Crippen LogP contribution in [0.15, 0.2) is 18.2 Å². The zero-order valence-corrected chi connectivity index (χ0v) is 18.7. The van der Waals surface area contributed by atoms with Crippen molar-refractivity contribution in [1.82, 2.24) is 16.0 Å². The van der Waals surface area contributed by atoms with Crippen LogP contribution in [0, 0.1) is 0 Å². The summed E-state index contributed by atoms with van der Waals surface area (Å²) in [5, 5.41) is 9.52. The molecule has 0 saturated carbocycles. The maximum atomic E-state index is 12.6. The highest BCUT2D eigenvalue weighted by atomic mass is 16.2. The van der Waals surface area contributed by atoms with E-state index in [-0.39, 0.29) is 23.2 Å². The van der Waals surface area contributed by atoms with E-state index in [2.05, 4.69) is 61.8 Å². The molecule has 1 aromatic carbocycles. The normalized spacial score (nSPS) is 21.7. The summed E-state index contributed by atoms with van der Waals surface area (Å²) in [6, 6.07) is 6.37. The second kappa shape index (κ2) is 8.47. The summed E-state index contributed by atoms with van der Waals surface area (Å²) in [5.74, 6) is -1.07. The third-order valence-electron chi connectivity index (χ3n) is 6.22. The van der Waals surface area contributed by atoms with Crippen LogP contribution >= 0.6 is 0 Å². The Kier molecular flexibility index (Phi) is 6.37. The molecule has 1 heterocycles. The van der Waals surface area contributed by atoms with Crippen LogP contribution in [-0.4, -0.2) is 28.9 Å². The second-order valence-electron chi connectivity index (χ2n) is 10.1. The quantitative estimate of drug-likeness (QED) is 0.678. The topological polar surface area (TPSA) is 70.2 Å². The summed E-state index contributed by atoms with van der Waals surface area (Å²) in [6.45, 7) is 10.6. The maximum absolute atomic E-state index is 12.6. The van der Waals surface area contributed by atoms with Gasteiger partial charge in [-0.1, -0.05) is 25.1 Å². The number of nitrogens with one attached hydrogen (secondary N) is 3. The lowest BCUT2D eigenvalue weighted by Crippen LogP contribution is -2.62. The number of carbonyl (C=O) groups excluding carboxylic acids is 2. The lowest BCUT2D eigenvalue weighted by atomic mass is 9.79. The molecule has 1 aromatic rings. The van der Waals surface area contributed by atoms with Crippen LogP contribution < -0.4 is 16.0 Å². The van der Waals surface area contributed by atoms with Crippen LogP contribution in [0.25, 0.3) is 0 Å². The molecule has 3 rings (SSSR count). The minimum atomic E-state index is -0.538. The van der Waals surface area contributed by atoms with Gasteiger partial charge in [0.25, 0.3) is 0 Å². The summed E-state index contributed by atoms with van der Waals surface area (Å²) in [7, 11) is 0. The standard InChI is InChI=1S/C24H37N3O2/c1-6-20(18-12-11-16-9-7-8-10-17(16)13-18)26-22(29)21(28)25-19-14-23(2,3)27-24(4,5)15-19/h11-13,19-20,27H,6-10,14-15H2,1-5H3,(H,25,28)(H,26,29). The molecule has 1 fully saturated rings. The Labute approximate surface area is 175 Å². The molecule has 0 aromatic heterocycles. The smallest absolute Gasteiger partial charge is 0.309 e. The maximum Gasteiger partial charge on any atom is 0.309 e. The molecule has 1 unspecified atom stereocenters. The molecule has 3 N–H and O–H groups in total. The Bertz CT molecular complexity index is 753. The summed E-state index contributed by atoms with van der Waals surface area (Å²) < 4.78 is 0. The predicted octanol–water partition coefficient (Wildman–Crippen LogP) is 3.56. The van der Waals surface area contributed by atoms with Crippen molar-refractivity contribution in [2.24, 2.45) is 0 Å². The fourth-order valence-corrected chi connectivity index (χ4v) is 5.29. The number of benzene rings is 1. The van der Waals surface area contributed by atoms with Gasteiger partial charge in [0.15, 0.2) is 0 Å². The largest absolute Gasteiger partial charge is 0.345 e. The molecule has 0 bridgehead atoms. The number of hydrogen-bond acceptors (Lipinski definition) is 3. The lowest BCUT2D eigenvalue weighted by molar-refractivity contribution is -0.140. The Morgan fingerprint density at radius 2 is 1.66 bits per heavy atom. The molecule has 1 saturated heterocycles. The zero-order valence-electron chi connectivity index (χ0n) is 18.7. The highest BCUT2D eigenvalue weighted by molar-refractivity contribution is 6.35. The van der Waals surface area contributed by atoms with Crippen LogP contribution in [0.1, 0.15) is 89.5 Å². The number of carbonyl (C=O) groups is 2. The summed E-state index contributed by atoms with van der Waals surface area (Å²) in [5.41, 5.74) is 3.76. The minimum absolute atomic E-state index is 0.0108. The van der Waals surface area contributed by atoms with Crippen molar-refractivity contribution in [3.05, 3.63) is 34.9 Å². The van der Waals surface area contributed by atoms with Crippen molar-refractivity contribution >= 4 is 11.8 Å². The molecule has 160 valence electrons. The summed E-state index contributed by atoms with van der Waals surface area (Å²) in [4.78, 5) is 25.2. The van der Waals surface area contributed by atoms with E-state index in [9.17, 15) is 9.59 Å². The lowest BCUT2D eigenvalue weighted by Gasteiger charge is -2.46. The van der Waals surface area contributed by atoms with Crippen molar-refractivity contribution < 1.29 is 9.59 Å². The summed E-state index contributed by atoms with van der Waals surface area (Å²) >= 11 is 0. The van der Waals surface area contributed by atoms with Gasteiger partial charge in [0, 0.05) is 17.1 Å². The monoisotopic (exact) mass is 399 g/mol. The molecular formula is C24H37N3O2. The van der Waals surface area contributed by atoms with Gasteiger partial charge < -0.3 is 16.0 Å². The van der Waals surface area contributed by atoms with Gasteiger partial charge in [-0.15, -0.1) is 0 Å². The molecule has 1 aliphatic carbocycles. The van der Waals surface area contributed by atoms with Gasteiger partial charge >= 0.3 is 11.8 Å². The van der Waals surface area contributed by atoms with Gasteiger partial charge in [-0.3, -0.25) is 9.59 Å². The number of amides is 2. The van der Waals surface area contributed by atoms with Crippen LogP contribution in [0.5, 0.6) is 0 Å². The molecule has 1 aliphatic heterocycles. The van der Waals surface area contributed by atoms with E-state index in [4.69, 9.17) is 0 Å². The fourth-order valence-electron chi connectivity index (χ4n) is 5.29. The Balaban J connectivity index is 1.63.